The fourth-order valence-electron chi connectivity index (χ4n) is 3.50. The summed E-state index contributed by atoms with van der Waals surface area (Å²) in [5.74, 6) is -0.365. The van der Waals surface area contributed by atoms with Gasteiger partial charge >= 0.3 is 5.69 Å². The van der Waals surface area contributed by atoms with E-state index in [9.17, 15) is 14.7 Å². The van der Waals surface area contributed by atoms with Gasteiger partial charge in [-0.2, -0.15) is 0 Å². The van der Waals surface area contributed by atoms with Gasteiger partial charge in [0.25, 0.3) is 5.56 Å². The molecule has 29 heavy (non-hydrogen) atoms. The Morgan fingerprint density at radius 1 is 1.00 bits per heavy atom. The summed E-state index contributed by atoms with van der Waals surface area (Å²) < 4.78 is 1.18. The number of rotatable bonds is 2. The minimum Gasteiger partial charge on any atom is -0.494 e. The van der Waals surface area contributed by atoms with Crippen molar-refractivity contribution >= 4 is 23.0 Å². The van der Waals surface area contributed by atoms with Gasteiger partial charge in [0.05, 0.1) is 11.4 Å². The zero-order chi connectivity index (χ0) is 20.8. The van der Waals surface area contributed by atoms with E-state index in [4.69, 9.17) is 4.99 Å². The smallest absolute Gasteiger partial charge is 0.331 e. The molecule has 6 heteroatoms. The number of aromatic hydroxyl groups is 1. The lowest BCUT2D eigenvalue weighted by molar-refractivity contribution is 0.305. The zero-order valence-corrected chi connectivity index (χ0v) is 16.4. The average Bonchev–Trinajstić information content (AvgIpc) is 3.03. The number of allylic oxidation sites excluding steroid dienone is 1. The van der Waals surface area contributed by atoms with E-state index in [1.807, 2.05) is 54.6 Å². The van der Waals surface area contributed by atoms with Crippen LogP contribution in [0.5, 0.6) is 5.88 Å². The van der Waals surface area contributed by atoms with Crippen molar-refractivity contribution in [1.82, 2.24) is 9.55 Å². The van der Waals surface area contributed by atoms with E-state index in [0.717, 1.165) is 16.8 Å². The van der Waals surface area contributed by atoms with Crippen LogP contribution in [0, 0.1) is 0 Å². The van der Waals surface area contributed by atoms with Crippen LogP contribution in [-0.4, -0.2) is 20.4 Å². The first-order valence-electron chi connectivity index (χ1n) is 9.32. The van der Waals surface area contributed by atoms with Crippen molar-refractivity contribution in [2.24, 2.45) is 4.99 Å². The largest absolute Gasteiger partial charge is 0.494 e. The van der Waals surface area contributed by atoms with Crippen molar-refractivity contribution in [1.29, 1.82) is 0 Å². The third-order valence-corrected chi connectivity index (χ3v) is 4.81. The molecule has 2 aromatic carbocycles. The Hall–Kier alpha value is -3.67. The van der Waals surface area contributed by atoms with E-state index < -0.39 is 16.8 Å². The van der Waals surface area contributed by atoms with Gasteiger partial charge in [-0.1, -0.05) is 48.5 Å². The Labute approximate surface area is 167 Å². The van der Waals surface area contributed by atoms with E-state index in [2.05, 4.69) is 4.98 Å². The van der Waals surface area contributed by atoms with Crippen molar-refractivity contribution in [3.63, 3.8) is 0 Å². The van der Waals surface area contributed by atoms with Gasteiger partial charge in [-0.15, -0.1) is 0 Å². The van der Waals surface area contributed by atoms with Crippen LogP contribution in [-0.2, 0) is 5.54 Å². The molecule has 0 amide bonds. The number of nitrogens with one attached hydrogen (secondary N) is 1. The van der Waals surface area contributed by atoms with Gasteiger partial charge in [0.1, 0.15) is 5.56 Å². The van der Waals surface area contributed by atoms with Gasteiger partial charge in [-0.3, -0.25) is 14.3 Å². The molecule has 0 aliphatic carbocycles. The second-order valence-corrected chi connectivity index (χ2v) is 7.90. The Kier molecular flexibility index (Phi) is 4.34. The molecule has 0 bridgehead atoms. The standard InChI is InChI=1S/C23H21N3O3/c1-23(2,3)26-21(28)17(20(27)25-22(26)29)13-16-15-11-7-8-12-18(15)24-19(16)14-9-5-4-6-10-14/h4-13,28H,1-3H3,(H,25,27,29)/b16-13+. The maximum Gasteiger partial charge on any atom is 0.331 e. The fraction of sp³-hybridized carbons (Fsp3) is 0.174. The lowest BCUT2D eigenvalue weighted by Gasteiger charge is -2.23. The molecule has 2 heterocycles. The van der Waals surface area contributed by atoms with Crippen LogP contribution in [0.1, 0.15) is 37.5 Å². The van der Waals surface area contributed by atoms with Gasteiger partial charge < -0.3 is 5.11 Å². The summed E-state index contributed by atoms with van der Waals surface area (Å²) in [6.07, 6.45) is 1.60. The first-order valence-corrected chi connectivity index (χ1v) is 9.32. The van der Waals surface area contributed by atoms with E-state index in [1.54, 1.807) is 26.8 Å². The number of aromatic nitrogens is 2. The van der Waals surface area contributed by atoms with Gasteiger partial charge in [0.2, 0.25) is 5.88 Å². The summed E-state index contributed by atoms with van der Waals surface area (Å²) in [7, 11) is 0. The van der Waals surface area contributed by atoms with Gasteiger partial charge in [0, 0.05) is 22.2 Å². The molecule has 4 rings (SSSR count). The van der Waals surface area contributed by atoms with Crippen LogP contribution in [0.4, 0.5) is 5.69 Å². The van der Waals surface area contributed by atoms with Crippen LogP contribution < -0.4 is 11.2 Å². The highest BCUT2D eigenvalue weighted by Crippen LogP contribution is 2.38. The minimum atomic E-state index is -0.706. The van der Waals surface area contributed by atoms with Crippen molar-refractivity contribution in [3.05, 3.63) is 92.1 Å². The summed E-state index contributed by atoms with van der Waals surface area (Å²) in [4.78, 5) is 31.9. The molecule has 146 valence electrons. The quantitative estimate of drug-likeness (QED) is 0.703. The zero-order valence-electron chi connectivity index (χ0n) is 16.4. The molecule has 0 saturated heterocycles. The second-order valence-electron chi connectivity index (χ2n) is 7.90. The number of para-hydroxylation sites is 1. The molecule has 2 N–H and O–H groups in total. The van der Waals surface area contributed by atoms with E-state index in [1.165, 1.54) is 4.57 Å². The van der Waals surface area contributed by atoms with E-state index in [-0.39, 0.29) is 11.4 Å². The fourth-order valence-corrected chi connectivity index (χ4v) is 3.50. The lowest BCUT2D eigenvalue weighted by atomic mass is 9.96. The number of nitrogens with zero attached hydrogens (tertiary/aromatic N) is 2. The number of H-pyrrole nitrogens is 1. The number of aromatic amines is 1. The number of fused-ring (bicyclic) bond motifs is 1. The monoisotopic (exact) mass is 387 g/mol. The molecule has 6 nitrogen and oxygen atoms in total. The second kappa shape index (κ2) is 6.74. The number of benzene rings is 2. The summed E-state index contributed by atoms with van der Waals surface area (Å²) >= 11 is 0. The highest BCUT2D eigenvalue weighted by molar-refractivity contribution is 6.39. The van der Waals surface area contributed by atoms with Crippen LogP contribution in [0.25, 0.3) is 11.6 Å². The maximum atomic E-state index is 12.6. The van der Waals surface area contributed by atoms with Crippen molar-refractivity contribution in [2.45, 2.75) is 26.3 Å². The Bertz CT molecular complexity index is 1270. The van der Waals surface area contributed by atoms with Crippen molar-refractivity contribution < 1.29 is 5.11 Å². The molecule has 0 saturated carbocycles. The van der Waals surface area contributed by atoms with Crippen LogP contribution in [0.3, 0.4) is 0 Å². The number of hydrogen-bond acceptors (Lipinski definition) is 4. The van der Waals surface area contributed by atoms with Crippen LogP contribution in [0.2, 0.25) is 0 Å². The normalized spacial score (nSPS) is 14.7. The van der Waals surface area contributed by atoms with Crippen molar-refractivity contribution in [2.75, 3.05) is 0 Å². The van der Waals surface area contributed by atoms with E-state index in [0.29, 0.717) is 11.3 Å². The van der Waals surface area contributed by atoms with Crippen LogP contribution >= 0.6 is 0 Å². The average molecular weight is 387 g/mol. The first kappa shape index (κ1) is 18.7. The molecule has 1 aromatic heterocycles. The topological polar surface area (TPSA) is 87.4 Å². The molecule has 0 fully saturated rings. The molecule has 0 unspecified atom stereocenters. The molecule has 3 aromatic rings. The minimum absolute atomic E-state index is 0.0230. The van der Waals surface area contributed by atoms with Gasteiger partial charge in [-0.05, 0) is 32.9 Å². The molecular formula is C23H21N3O3. The van der Waals surface area contributed by atoms with Gasteiger partial charge in [-0.25, -0.2) is 9.79 Å². The third-order valence-electron chi connectivity index (χ3n) is 4.81. The Balaban J connectivity index is 1.99. The molecule has 1 aliphatic heterocycles. The summed E-state index contributed by atoms with van der Waals surface area (Å²) in [6.45, 7) is 5.35. The summed E-state index contributed by atoms with van der Waals surface area (Å²) in [5, 5.41) is 10.8. The highest BCUT2D eigenvalue weighted by Gasteiger charge is 2.26. The number of hydrogen-bond donors (Lipinski definition) is 2. The Morgan fingerprint density at radius 2 is 1.66 bits per heavy atom. The molecule has 1 aliphatic rings. The molecular weight excluding hydrogens is 366 g/mol. The molecule has 0 radical (unpaired) electrons. The lowest BCUT2D eigenvalue weighted by Crippen LogP contribution is -2.39. The number of aliphatic imine (C=N–C) groups is 1. The predicted molar refractivity (Wildman–Crippen MR) is 115 cm³/mol. The first-order chi connectivity index (χ1) is 13.8. The SMILES string of the molecule is CC(C)(C)n1c(O)c(/C=C2/C(c3ccccc3)=Nc3ccccc32)c(=O)[nH]c1=O. The molecule has 0 spiro atoms. The maximum absolute atomic E-state index is 12.6. The predicted octanol–water partition coefficient (Wildman–Crippen LogP) is 3.67. The van der Waals surface area contributed by atoms with Gasteiger partial charge in [0.15, 0.2) is 0 Å². The summed E-state index contributed by atoms with van der Waals surface area (Å²) in [6, 6.07) is 17.3. The molecule has 0 atom stereocenters. The Morgan fingerprint density at radius 3 is 2.34 bits per heavy atom. The third kappa shape index (κ3) is 3.23. The van der Waals surface area contributed by atoms with Crippen molar-refractivity contribution in [3.8, 4) is 5.88 Å². The van der Waals surface area contributed by atoms with E-state index >= 15 is 0 Å². The highest BCUT2D eigenvalue weighted by atomic mass is 16.3. The summed E-state index contributed by atoms with van der Waals surface area (Å²) in [5.41, 5.74) is 2.00. The van der Waals surface area contributed by atoms with Crippen LogP contribution in [0.15, 0.2) is 69.2 Å².